The van der Waals surface area contributed by atoms with Crippen LogP contribution in [-0.4, -0.2) is 35.0 Å². The van der Waals surface area contributed by atoms with Gasteiger partial charge in [-0.3, -0.25) is 9.78 Å². The molecule has 1 aliphatic carbocycles. The lowest BCUT2D eigenvalue weighted by atomic mass is 9.99. The summed E-state index contributed by atoms with van der Waals surface area (Å²) in [6, 6.07) is 10.9. The molecule has 1 saturated heterocycles. The Labute approximate surface area is 146 Å². The maximum absolute atomic E-state index is 12.7. The summed E-state index contributed by atoms with van der Waals surface area (Å²) in [6.07, 6.45) is 5.82. The van der Waals surface area contributed by atoms with Gasteiger partial charge in [-0.1, -0.05) is 11.6 Å². The fraction of sp³-hybridized carbons (Fsp3) is 0.368. The number of likely N-dealkylation sites (tertiary alicyclic amines) is 1. The van der Waals surface area contributed by atoms with Crippen molar-refractivity contribution in [1.29, 1.82) is 0 Å². The average Bonchev–Trinajstić information content (AvgIpc) is 3.18. The van der Waals surface area contributed by atoms with Crippen molar-refractivity contribution in [3.63, 3.8) is 0 Å². The lowest BCUT2D eigenvalue weighted by Gasteiger charge is -2.22. The van der Waals surface area contributed by atoms with Gasteiger partial charge in [-0.25, -0.2) is 0 Å². The summed E-state index contributed by atoms with van der Waals surface area (Å²) < 4.78 is 6.12. The molecular formula is C19H19ClN2O2. The van der Waals surface area contributed by atoms with Crippen LogP contribution in [-0.2, 0) is 0 Å². The van der Waals surface area contributed by atoms with Crippen molar-refractivity contribution in [3.8, 4) is 5.75 Å². The fourth-order valence-corrected chi connectivity index (χ4v) is 4.02. The van der Waals surface area contributed by atoms with Gasteiger partial charge >= 0.3 is 0 Å². The quantitative estimate of drug-likeness (QED) is 0.854. The van der Waals surface area contributed by atoms with Crippen LogP contribution in [0.1, 0.15) is 23.2 Å². The lowest BCUT2D eigenvalue weighted by Crippen LogP contribution is -2.32. The highest BCUT2D eigenvalue weighted by Gasteiger charge is 2.45. The summed E-state index contributed by atoms with van der Waals surface area (Å²) in [5, 5.41) is 0.648. The molecule has 0 spiro atoms. The number of nitrogens with zero attached hydrogens (tertiary/aromatic N) is 2. The maximum Gasteiger partial charge on any atom is 0.253 e. The van der Waals surface area contributed by atoms with Crippen LogP contribution in [0.5, 0.6) is 5.75 Å². The first-order valence-electron chi connectivity index (χ1n) is 8.32. The van der Waals surface area contributed by atoms with Crippen LogP contribution in [0.25, 0.3) is 0 Å². The van der Waals surface area contributed by atoms with E-state index in [2.05, 4.69) is 4.98 Å². The SMILES string of the molecule is O=C(c1ccc(Cl)cc1)N1C[C@H]2CC[C@@H](Oc3cccnc3)[C@H]2C1. The van der Waals surface area contributed by atoms with Crippen molar-refractivity contribution in [2.75, 3.05) is 13.1 Å². The van der Waals surface area contributed by atoms with Gasteiger partial charge in [0.05, 0.1) is 6.20 Å². The molecule has 1 aromatic carbocycles. The zero-order valence-electron chi connectivity index (χ0n) is 13.3. The summed E-state index contributed by atoms with van der Waals surface area (Å²) in [7, 11) is 0. The van der Waals surface area contributed by atoms with Gasteiger partial charge in [0.1, 0.15) is 11.9 Å². The van der Waals surface area contributed by atoms with Crippen LogP contribution < -0.4 is 4.74 Å². The molecule has 24 heavy (non-hydrogen) atoms. The molecule has 0 unspecified atom stereocenters. The Morgan fingerprint density at radius 3 is 2.75 bits per heavy atom. The van der Waals surface area contributed by atoms with Gasteiger partial charge in [0.25, 0.3) is 5.91 Å². The number of pyridine rings is 1. The number of carbonyl (C=O) groups is 1. The van der Waals surface area contributed by atoms with Crippen LogP contribution in [0, 0.1) is 11.8 Å². The number of fused-ring (bicyclic) bond motifs is 1. The molecule has 2 aliphatic rings. The molecule has 4 nitrogen and oxygen atoms in total. The summed E-state index contributed by atoms with van der Waals surface area (Å²) in [5.74, 6) is 1.83. The topological polar surface area (TPSA) is 42.4 Å². The molecule has 124 valence electrons. The van der Waals surface area contributed by atoms with E-state index in [0.717, 1.165) is 31.7 Å². The highest BCUT2D eigenvalue weighted by Crippen LogP contribution is 2.40. The van der Waals surface area contributed by atoms with Crippen molar-refractivity contribution in [2.24, 2.45) is 11.8 Å². The average molecular weight is 343 g/mol. The summed E-state index contributed by atoms with van der Waals surface area (Å²) in [5.41, 5.74) is 0.698. The van der Waals surface area contributed by atoms with E-state index >= 15 is 0 Å². The first-order chi connectivity index (χ1) is 11.7. The van der Waals surface area contributed by atoms with Crippen molar-refractivity contribution >= 4 is 17.5 Å². The van der Waals surface area contributed by atoms with E-state index in [1.54, 1.807) is 36.7 Å². The van der Waals surface area contributed by atoms with E-state index in [4.69, 9.17) is 16.3 Å². The van der Waals surface area contributed by atoms with Gasteiger partial charge in [0.2, 0.25) is 0 Å². The largest absolute Gasteiger partial charge is 0.488 e. The Morgan fingerprint density at radius 1 is 1.17 bits per heavy atom. The van der Waals surface area contributed by atoms with Crippen LogP contribution in [0.3, 0.4) is 0 Å². The standard InChI is InChI=1S/C19H19ClN2O2/c20-15-6-3-13(4-7-15)19(23)22-11-14-5-8-18(17(14)12-22)24-16-2-1-9-21-10-16/h1-4,6-7,9-10,14,17-18H,5,8,11-12H2/t14-,17+,18-/m1/s1. The normalized spacial score (nSPS) is 25.5. The van der Waals surface area contributed by atoms with E-state index in [-0.39, 0.29) is 12.0 Å². The first-order valence-corrected chi connectivity index (χ1v) is 8.70. The molecular weight excluding hydrogens is 324 g/mol. The molecule has 1 aliphatic heterocycles. The minimum Gasteiger partial charge on any atom is -0.488 e. The second-order valence-corrected chi connectivity index (χ2v) is 7.00. The number of carbonyl (C=O) groups excluding carboxylic acids is 1. The van der Waals surface area contributed by atoms with Crippen LogP contribution in [0.4, 0.5) is 0 Å². The van der Waals surface area contributed by atoms with E-state index in [0.29, 0.717) is 22.4 Å². The lowest BCUT2D eigenvalue weighted by molar-refractivity contribution is 0.0762. The van der Waals surface area contributed by atoms with Crippen molar-refractivity contribution in [2.45, 2.75) is 18.9 Å². The highest BCUT2D eigenvalue weighted by atomic mass is 35.5. The molecule has 2 fully saturated rings. The number of aromatic nitrogens is 1. The Kier molecular flexibility index (Phi) is 4.15. The summed E-state index contributed by atoms with van der Waals surface area (Å²) in [6.45, 7) is 1.58. The monoisotopic (exact) mass is 342 g/mol. The van der Waals surface area contributed by atoms with Crippen LogP contribution in [0.15, 0.2) is 48.8 Å². The number of rotatable bonds is 3. The number of hydrogen-bond acceptors (Lipinski definition) is 3. The molecule has 2 heterocycles. The molecule has 4 rings (SSSR count). The van der Waals surface area contributed by atoms with E-state index in [9.17, 15) is 4.79 Å². The van der Waals surface area contributed by atoms with Crippen molar-refractivity contribution in [3.05, 3.63) is 59.4 Å². The number of amides is 1. The molecule has 1 amide bonds. The molecule has 1 saturated carbocycles. The fourth-order valence-electron chi connectivity index (χ4n) is 3.89. The molecule has 5 heteroatoms. The summed E-state index contributed by atoms with van der Waals surface area (Å²) in [4.78, 5) is 18.7. The predicted molar refractivity (Wildman–Crippen MR) is 92.2 cm³/mol. The molecule has 0 radical (unpaired) electrons. The van der Waals surface area contributed by atoms with Gasteiger partial charge in [0, 0.05) is 35.8 Å². The number of hydrogen-bond donors (Lipinski definition) is 0. The van der Waals surface area contributed by atoms with Gasteiger partial charge in [0.15, 0.2) is 0 Å². The van der Waals surface area contributed by atoms with Crippen molar-refractivity contribution < 1.29 is 9.53 Å². The smallest absolute Gasteiger partial charge is 0.253 e. The van der Waals surface area contributed by atoms with Crippen LogP contribution >= 0.6 is 11.6 Å². The van der Waals surface area contributed by atoms with E-state index < -0.39 is 0 Å². The van der Waals surface area contributed by atoms with E-state index in [1.165, 1.54) is 0 Å². The van der Waals surface area contributed by atoms with Gasteiger partial charge in [-0.2, -0.15) is 0 Å². The molecule has 3 atom stereocenters. The second-order valence-electron chi connectivity index (χ2n) is 6.56. The van der Waals surface area contributed by atoms with Crippen LogP contribution in [0.2, 0.25) is 5.02 Å². The molecule has 0 bridgehead atoms. The van der Waals surface area contributed by atoms with Gasteiger partial charge < -0.3 is 9.64 Å². The number of halogens is 1. The predicted octanol–water partition coefficient (Wildman–Crippen LogP) is 3.66. The zero-order chi connectivity index (χ0) is 16.5. The molecule has 1 aromatic heterocycles. The molecule has 0 N–H and O–H groups in total. The van der Waals surface area contributed by atoms with E-state index in [1.807, 2.05) is 17.0 Å². The minimum atomic E-state index is 0.0844. The highest BCUT2D eigenvalue weighted by molar-refractivity contribution is 6.30. The summed E-state index contributed by atoms with van der Waals surface area (Å²) >= 11 is 5.90. The minimum absolute atomic E-state index is 0.0844. The Balaban J connectivity index is 1.44. The second kappa shape index (κ2) is 6.44. The first kappa shape index (κ1) is 15.5. The third kappa shape index (κ3) is 2.98. The maximum atomic E-state index is 12.7. The Bertz CT molecular complexity index is 720. The third-order valence-electron chi connectivity index (χ3n) is 5.09. The molecule has 2 aromatic rings. The van der Waals surface area contributed by atoms with Crippen molar-refractivity contribution in [1.82, 2.24) is 9.88 Å². The zero-order valence-corrected chi connectivity index (χ0v) is 14.0. The number of ether oxygens (including phenoxy) is 1. The Morgan fingerprint density at radius 2 is 2.00 bits per heavy atom. The Hall–Kier alpha value is -2.07. The van der Waals surface area contributed by atoms with Gasteiger partial charge in [-0.05, 0) is 55.2 Å². The number of benzene rings is 1. The third-order valence-corrected chi connectivity index (χ3v) is 5.34. The van der Waals surface area contributed by atoms with Gasteiger partial charge in [-0.15, -0.1) is 0 Å².